The summed E-state index contributed by atoms with van der Waals surface area (Å²) in [5, 5.41) is 3.72. The second-order valence-corrected chi connectivity index (χ2v) is 2.16. The topological polar surface area (TPSA) is 61.3 Å². The van der Waals surface area contributed by atoms with Crippen molar-refractivity contribution in [2.75, 3.05) is 6.61 Å². The maximum atomic E-state index is 4.88. The van der Waals surface area contributed by atoms with Gasteiger partial charge in [-0.1, -0.05) is 12.1 Å². The Hall–Kier alpha value is -0.870. The zero-order chi connectivity index (χ0) is 7.40. The minimum absolute atomic E-state index is 0.198. The number of hydrogen-bond acceptors (Lipinski definition) is 4. The summed E-state index contributed by atoms with van der Waals surface area (Å²) in [5.74, 6) is 5.08. The summed E-state index contributed by atoms with van der Waals surface area (Å²) >= 11 is 0. The fourth-order valence-electron chi connectivity index (χ4n) is 0.706. The van der Waals surface area contributed by atoms with Crippen molar-refractivity contribution in [1.29, 1.82) is 0 Å². The highest BCUT2D eigenvalue weighted by atomic mass is 16.6. The van der Waals surface area contributed by atoms with Crippen molar-refractivity contribution in [3.63, 3.8) is 0 Å². The summed E-state index contributed by atoms with van der Waals surface area (Å²) in [7, 11) is 0. The standard InChI is InChI=1S/C6H10N2O2/c1-5(4-9-7)6-2-3-10-8-6/h2-3,5H,4,7H2,1H3. The zero-order valence-corrected chi connectivity index (χ0v) is 5.78. The highest BCUT2D eigenvalue weighted by Gasteiger charge is 2.07. The van der Waals surface area contributed by atoms with Gasteiger partial charge in [0.25, 0.3) is 0 Å². The van der Waals surface area contributed by atoms with Crippen LogP contribution in [0.15, 0.2) is 16.9 Å². The second-order valence-electron chi connectivity index (χ2n) is 2.16. The lowest BCUT2D eigenvalue weighted by Crippen LogP contribution is -2.08. The fraction of sp³-hybridized carbons (Fsp3) is 0.500. The minimum atomic E-state index is 0.198. The summed E-state index contributed by atoms with van der Waals surface area (Å²) < 4.78 is 4.64. The first-order valence-electron chi connectivity index (χ1n) is 3.06. The van der Waals surface area contributed by atoms with Crippen LogP contribution in [-0.4, -0.2) is 11.8 Å². The lowest BCUT2D eigenvalue weighted by molar-refractivity contribution is 0.125. The molecule has 1 aromatic heterocycles. The van der Waals surface area contributed by atoms with Gasteiger partial charge in [0.05, 0.1) is 12.3 Å². The van der Waals surface area contributed by atoms with Crippen LogP contribution in [-0.2, 0) is 4.84 Å². The monoisotopic (exact) mass is 142 g/mol. The Morgan fingerprint density at radius 3 is 3.20 bits per heavy atom. The first kappa shape index (κ1) is 7.24. The maximum Gasteiger partial charge on any atom is 0.124 e. The van der Waals surface area contributed by atoms with Gasteiger partial charge in [0.2, 0.25) is 0 Å². The molecule has 4 heteroatoms. The SMILES string of the molecule is CC(CON)c1ccon1. The number of nitrogens with zero attached hydrogens (tertiary/aromatic N) is 1. The number of hydrogen-bond donors (Lipinski definition) is 1. The molecule has 0 spiro atoms. The molecule has 1 rings (SSSR count). The van der Waals surface area contributed by atoms with Crippen molar-refractivity contribution in [1.82, 2.24) is 5.16 Å². The van der Waals surface area contributed by atoms with Crippen molar-refractivity contribution in [2.45, 2.75) is 12.8 Å². The second kappa shape index (κ2) is 3.34. The Labute approximate surface area is 58.9 Å². The molecule has 0 radical (unpaired) electrons. The van der Waals surface area contributed by atoms with E-state index in [2.05, 4.69) is 14.5 Å². The lowest BCUT2D eigenvalue weighted by atomic mass is 10.1. The van der Waals surface area contributed by atoms with E-state index in [0.717, 1.165) is 5.69 Å². The molecule has 0 aliphatic carbocycles. The molecule has 2 N–H and O–H groups in total. The third-order valence-electron chi connectivity index (χ3n) is 1.31. The predicted octanol–water partition coefficient (Wildman–Crippen LogP) is 0.668. The molecule has 56 valence electrons. The molecule has 4 nitrogen and oxygen atoms in total. The van der Waals surface area contributed by atoms with Gasteiger partial charge in [-0.25, -0.2) is 5.90 Å². The van der Waals surface area contributed by atoms with Crippen molar-refractivity contribution >= 4 is 0 Å². The van der Waals surface area contributed by atoms with Gasteiger partial charge in [-0.15, -0.1) is 0 Å². The van der Waals surface area contributed by atoms with Gasteiger partial charge in [-0.05, 0) is 0 Å². The van der Waals surface area contributed by atoms with Gasteiger partial charge in [0.15, 0.2) is 0 Å². The Morgan fingerprint density at radius 2 is 2.70 bits per heavy atom. The molecule has 1 atom stereocenters. The van der Waals surface area contributed by atoms with Gasteiger partial charge in [-0.3, -0.25) is 0 Å². The van der Waals surface area contributed by atoms with Crippen LogP contribution in [0.1, 0.15) is 18.5 Å². The summed E-state index contributed by atoms with van der Waals surface area (Å²) in [6, 6.07) is 1.80. The minimum Gasteiger partial charge on any atom is -0.365 e. The van der Waals surface area contributed by atoms with Gasteiger partial charge >= 0.3 is 0 Å². The van der Waals surface area contributed by atoms with Gasteiger partial charge in [0.1, 0.15) is 6.26 Å². The fourth-order valence-corrected chi connectivity index (χ4v) is 0.706. The van der Waals surface area contributed by atoms with Crippen LogP contribution in [0, 0.1) is 0 Å². The van der Waals surface area contributed by atoms with Crippen LogP contribution in [0.4, 0.5) is 0 Å². The number of aromatic nitrogens is 1. The third kappa shape index (κ3) is 1.55. The average molecular weight is 142 g/mol. The Bertz CT molecular complexity index is 174. The van der Waals surface area contributed by atoms with E-state index in [4.69, 9.17) is 5.90 Å². The molecule has 0 fully saturated rings. The molecular formula is C6H10N2O2. The quantitative estimate of drug-likeness (QED) is 0.630. The van der Waals surface area contributed by atoms with Crippen LogP contribution in [0.5, 0.6) is 0 Å². The van der Waals surface area contributed by atoms with Gasteiger partial charge in [-0.2, -0.15) is 0 Å². The molecule has 0 saturated heterocycles. The largest absolute Gasteiger partial charge is 0.365 e. The molecule has 1 aromatic rings. The van der Waals surface area contributed by atoms with E-state index in [1.807, 2.05) is 6.92 Å². The van der Waals surface area contributed by atoms with Crippen LogP contribution in [0.2, 0.25) is 0 Å². The third-order valence-corrected chi connectivity index (χ3v) is 1.31. The Balaban J connectivity index is 2.50. The molecule has 0 saturated carbocycles. The van der Waals surface area contributed by atoms with E-state index in [-0.39, 0.29) is 5.92 Å². The lowest BCUT2D eigenvalue weighted by Gasteiger charge is -2.03. The molecule has 0 aliphatic heterocycles. The molecule has 1 unspecified atom stereocenters. The van der Waals surface area contributed by atoms with Crippen molar-refractivity contribution in [3.8, 4) is 0 Å². The van der Waals surface area contributed by atoms with E-state index in [9.17, 15) is 0 Å². The molecule has 0 bridgehead atoms. The van der Waals surface area contributed by atoms with Crippen LogP contribution < -0.4 is 5.90 Å². The van der Waals surface area contributed by atoms with E-state index in [1.165, 1.54) is 6.26 Å². The molecule has 10 heavy (non-hydrogen) atoms. The van der Waals surface area contributed by atoms with Crippen molar-refractivity contribution < 1.29 is 9.36 Å². The van der Waals surface area contributed by atoms with E-state index in [1.54, 1.807) is 6.07 Å². The van der Waals surface area contributed by atoms with Crippen molar-refractivity contribution in [2.24, 2.45) is 5.90 Å². The highest BCUT2D eigenvalue weighted by Crippen LogP contribution is 2.10. The highest BCUT2D eigenvalue weighted by molar-refractivity contribution is 5.01. The van der Waals surface area contributed by atoms with E-state index in [0.29, 0.717) is 6.61 Å². The Morgan fingerprint density at radius 1 is 1.90 bits per heavy atom. The first-order chi connectivity index (χ1) is 4.84. The Kier molecular flexibility index (Phi) is 2.42. The molecule has 0 aliphatic rings. The molecule has 1 heterocycles. The smallest absolute Gasteiger partial charge is 0.124 e. The maximum absolute atomic E-state index is 4.88. The summed E-state index contributed by atoms with van der Waals surface area (Å²) in [5.41, 5.74) is 0.866. The van der Waals surface area contributed by atoms with Gasteiger partial charge in [0, 0.05) is 12.0 Å². The van der Waals surface area contributed by atoms with Crippen LogP contribution >= 0.6 is 0 Å². The number of rotatable bonds is 3. The summed E-state index contributed by atoms with van der Waals surface area (Å²) in [6.45, 7) is 2.43. The average Bonchev–Trinajstić information content (AvgIpc) is 2.38. The van der Waals surface area contributed by atoms with Gasteiger partial charge < -0.3 is 9.36 Å². The predicted molar refractivity (Wildman–Crippen MR) is 35.1 cm³/mol. The van der Waals surface area contributed by atoms with E-state index < -0.39 is 0 Å². The summed E-state index contributed by atoms with van der Waals surface area (Å²) in [6.07, 6.45) is 1.53. The first-order valence-corrected chi connectivity index (χ1v) is 3.06. The number of nitrogens with two attached hydrogens (primary N) is 1. The zero-order valence-electron chi connectivity index (χ0n) is 5.78. The van der Waals surface area contributed by atoms with Crippen LogP contribution in [0.25, 0.3) is 0 Å². The summed E-state index contributed by atoms with van der Waals surface area (Å²) in [4.78, 5) is 4.45. The van der Waals surface area contributed by atoms with Crippen molar-refractivity contribution in [3.05, 3.63) is 18.0 Å². The molecular weight excluding hydrogens is 132 g/mol. The molecule has 0 aromatic carbocycles. The molecule has 0 amide bonds. The normalized spacial score (nSPS) is 13.4. The van der Waals surface area contributed by atoms with Crippen LogP contribution in [0.3, 0.4) is 0 Å². The van der Waals surface area contributed by atoms with E-state index >= 15 is 0 Å².